The third-order valence-corrected chi connectivity index (χ3v) is 3.16. The summed E-state index contributed by atoms with van der Waals surface area (Å²) in [7, 11) is 0. The number of hydrogen-bond donors (Lipinski definition) is 2. The van der Waals surface area contributed by atoms with E-state index >= 15 is 0 Å². The van der Waals surface area contributed by atoms with Crippen LogP contribution in [0.5, 0.6) is 5.75 Å². The molecule has 1 aromatic carbocycles. The van der Waals surface area contributed by atoms with Gasteiger partial charge in [-0.15, -0.1) is 0 Å². The number of aromatic nitrogens is 4. The Morgan fingerprint density at radius 3 is 2.67 bits per heavy atom. The van der Waals surface area contributed by atoms with Crippen LogP contribution < -0.4 is 15.8 Å². The summed E-state index contributed by atoms with van der Waals surface area (Å²) < 4.78 is 18.4. The van der Waals surface area contributed by atoms with Gasteiger partial charge in [-0.2, -0.15) is 15.0 Å². The van der Waals surface area contributed by atoms with Gasteiger partial charge in [-0.25, -0.2) is 9.37 Å². The molecular formula is C15H12ClFN6O. The molecule has 3 rings (SSSR count). The second-order valence-electron chi connectivity index (χ2n) is 4.65. The molecule has 24 heavy (non-hydrogen) atoms. The summed E-state index contributed by atoms with van der Waals surface area (Å²) in [6, 6.07) is 9.13. The lowest BCUT2D eigenvalue weighted by atomic mass is 10.3. The number of rotatable bonds is 5. The van der Waals surface area contributed by atoms with Gasteiger partial charge in [0.25, 0.3) is 0 Å². The maximum atomic E-state index is 12.9. The van der Waals surface area contributed by atoms with Crippen molar-refractivity contribution in [2.45, 2.75) is 6.61 Å². The van der Waals surface area contributed by atoms with E-state index in [0.29, 0.717) is 17.3 Å². The number of pyridine rings is 1. The largest absolute Gasteiger partial charge is 0.482 e. The average Bonchev–Trinajstić information content (AvgIpc) is 2.56. The standard InChI is InChI=1S/C15H12ClFN6O/c16-13-11(2-1-7-19-13)24-8-12-21-14(18)23-15(22-12)20-10-5-3-9(17)4-6-10/h1-7H,8H2,(H3,18,20,21,22,23). The predicted octanol–water partition coefficient (Wildman–Crippen LogP) is 2.96. The molecule has 2 aromatic heterocycles. The van der Waals surface area contributed by atoms with E-state index in [2.05, 4.69) is 25.3 Å². The molecule has 7 nitrogen and oxygen atoms in total. The molecule has 122 valence electrons. The SMILES string of the molecule is Nc1nc(COc2cccnc2Cl)nc(Nc2ccc(F)cc2)n1. The highest BCUT2D eigenvalue weighted by molar-refractivity contribution is 6.30. The molecule has 3 aromatic rings. The first kappa shape index (κ1) is 15.9. The van der Waals surface area contributed by atoms with E-state index in [9.17, 15) is 4.39 Å². The van der Waals surface area contributed by atoms with Crippen LogP contribution in [-0.4, -0.2) is 19.9 Å². The number of hydrogen-bond acceptors (Lipinski definition) is 7. The Labute approximate surface area is 141 Å². The molecule has 0 unspecified atom stereocenters. The first-order valence-electron chi connectivity index (χ1n) is 6.86. The zero-order chi connectivity index (χ0) is 16.9. The lowest BCUT2D eigenvalue weighted by Crippen LogP contribution is -2.09. The Balaban J connectivity index is 1.74. The number of anilines is 3. The summed E-state index contributed by atoms with van der Waals surface area (Å²) in [6.07, 6.45) is 1.56. The highest BCUT2D eigenvalue weighted by Crippen LogP contribution is 2.21. The quantitative estimate of drug-likeness (QED) is 0.685. The topological polar surface area (TPSA) is 98.8 Å². The van der Waals surface area contributed by atoms with Gasteiger partial charge in [-0.3, -0.25) is 0 Å². The molecule has 0 aliphatic heterocycles. The van der Waals surface area contributed by atoms with Crippen molar-refractivity contribution in [1.82, 2.24) is 19.9 Å². The molecule has 0 atom stereocenters. The van der Waals surface area contributed by atoms with Crippen LogP contribution in [0.4, 0.5) is 22.0 Å². The molecule has 0 saturated carbocycles. The van der Waals surface area contributed by atoms with Gasteiger partial charge in [0.1, 0.15) is 12.4 Å². The van der Waals surface area contributed by atoms with E-state index in [4.69, 9.17) is 22.1 Å². The van der Waals surface area contributed by atoms with Gasteiger partial charge in [-0.1, -0.05) is 11.6 Å². The number of benzene rings is 1. The fourth-order valence-electron chi connectivity index (χ4n) is 1.84. The molecule has 0 radical (unpaired) electrons. The van der Waals surface area contributed by atoms with Crippen LogP contribution >= 0.6 is 11.6 Å². The van der Waals surface area contributed by atoms with Crippen LogP contribution in [0, 0.1) is 5.82 Å². The van der Waals surface area contributed by atoms with Crippen molar-refractivity contribution < 1.29 is 9.13 Å². The first-order valence-corrected chi connectivity index (χ1v) is 7.24. The van der Waals surface area contributed by atoms with Gasteiger partial charge in [0.05, 0.1) is 0 Å². The van der Waals surface area contributed by atoms with Crippen LogP contribution in [-0.2, 0) is 6.61 Å². The highest BCUT2D eigenvalue weighted by Gasteiger charge is 2.08. The van der Waals surface area contributed by atoms with Gasteiger partial charge in [0, 0.05) is 11.9 Å². The van der Waals surface area contributed by atoms with E-state index < -0.39 is 0 Å². The van der Waals surface area contributed by atoms with Crippen LogP contribution in [0.1, 0.15) is 5.82 Å². The minimum atomic E-state index is -0.335. The lowest BCUT2D eigenvalue weighted by Gasteiger charge is -2.09. The molecular weight excluding hydrogens is 335 g/mol. The van der Waals surface area contributed by atoms with E-state index in [1.54, 1.807) is 30.5 Å². The summed E-state index contributed by atoms with van der Waals surface area (Å²) in [6.45, 7) is 0.0379. The average molecular weight is 347 g/mol. The number of nitrogens with one attached hydrogen (secondary N) is 1. The highest BCUT2D eigenvalue weighted by atomic mass is 35.5. The molecule has 0 aliphatic rings. The van der Waals surface area contributed by atoms with Crippen molar-refractivity contribution in [3.8, 4) is 5.75 Å². The third kappa shape index (κ3) is 4.05. The number of nitrogen functional groups attached to an aromatic ring is 1. The molecule has 0 bridgehead atoms. The maximum absolute atomic E-state index is 12.9. The van der Waals surface area contributed by atoms with Gasteiger partial charge in [0.15, 0.2) is 16.7 Å². The molecule has 0 aliphatic carbocycles. The van der Waals surface area contributed by atoms with E-state index in [1.807, 2.05) is 0 Å². The van der Waals surface area contributed by atoms with Gasteiger partial charge >= 0.3 is 0 Å². The molecule has 2 heterocycles. The second kappa shape index (κ2) is 7.05. The Hall–Kier alpha value is -3.00. The van der Waals surface area contributed by atoms with Crippen LogP contribution in [0.3, 0.4) is 0 Å². The number of ether oxygens (including phenoxy) is 1. The minimum absolute atomic E-state index is 0.0329. The van der Waals surface area contributed by atoms with Crippen molar-refractivity contribution in [3.05, 3.63) is 59.4 Å². The Bertz CT molecular complexity index is 846. The Morgan fingerprint density at radius 1 is 1.12 bits per heavy atom. The molecule has 9 heteroatoms. The van der Waals surface area contributed by atoms with Crippen LogP contribution in [0.25, 0.3) is 0 Å². The summed E-state index contributed by atoms with van der Waals surface area (Å²) in [5.74, 6) is 0.645. The maximum Gasteiger partial charge on any atom is 0.232 e. The monoisotopic (exact) mass is 346 g/mol. The Kier molecular flexibility index (Phi) is 4.66. The van der Waals surface area contributed by atoms with E-state index in [0.717, 1.165) is 0 Å². The summed E-state index contributed by atoms with van der Waals surface area (Å²) in [5.41, 5.74) is 6.29. The van der Waals surface area contributed by atoms with E-state index in [-0.39, 0.29) is 29.5 Å². The number of halogens is 2. The minimum Gasteiger partial charge on any atom is -0.482 e. The second-order valence-corrected chi connectivity index (χ2v) is 5.00. The Morgan fingerprint density at radius 2 is 1.92 bits per heavy atom. The fourth-order valence-corrected chi connectivity index (χ4v) is 2.02. The molecule has 3 N–H and O–H groups in total. The first-order chi connectivity index (χ1) is 11.6. The molecule has 0 saturated heterocycles. The number of nitrogens with two attached hydrogens (primary N) is 1. The van der Waals surface area contributed by atoms with Crippen LogP contribution in [0.15, 0.2) is 42.6 Å². The summed E-state index contributed by atoms with van der Waals surface area (Å²) in [5, 5.41) is 3.16. The summed E-state index contributed by atoms with van der Waals surface area (Å²) >= 11 is 5.92. The van der Waals surface area contributed by atoms with Gasteiger partial charge in [-0.05, 0) is 36.4 Å². The number of nitrogens with zero attached hydrogens (tertiary/aromatic N) is 4. The van der Waals surface area contributed by atoms with Crippen LogP contribution in [0.2, 0.25) is 5.15 Å². The zero-order valence-corrected chi connectivity index (χ0v) is 13.0. The zero-order valence-electron chi connectivity index (χ0n) is 12.3. The molecule has 0 spiro atoms. The molecule has 0 amide bonds. The summed E-state index contributed by atoms with van der Waals surface area (Å²) in [4.78, 5) is 16.1. The van der Waals surface area contributed by atoms with Crippen molar-refractivity contribution >= 4 is 29.2 Å². The van der Waals surface area contributed by atoms with Crippen molar-refractivity contribution in [3.63, 3.8) is 0 Å². The van der Waals surface area contributed by atoms with Crippen molar-refractivity contribution in [2.24, 2.45) is 0 Å². The van der Waals surface area contributed by atoms with Gasteiger partial charge in [0.2, 0.25) is 11.9 Å². The normalized spacial score (nSPS) is 10.4. The van der Waals surface area contributed by atoms with E-state index in [1.165, 1.54) is 12.1 Å². The fraction of sp³-hybridized carbons (Fsp3) is 0.0667. The third-order valence-electron chi connectivity index (χ3n) is 2.88. The van der Waals surface area contributed by atoms with Crippen molar-refractivity contribution in [1.29, 1.82) is 0 Å². The predicted molar refractivity (Wildman–Crippen MR) is 87.5 cm³/mol. The van der Waals surface area contributed by atoms with Gasteiger partial charge < -0.3 is 15.8 Å². The smallest absolute Gasteiger partial charge is 0.232 e. The molecule has 0 fully saturated rings. The van der Waals surface area contributed by atoms with Crippen molar-refractivity contribution in [2.75, 3.05) is 11.1 Å². The lowest BCUT2D eigenvalue weighted by molar-refractivity contribution is 0.295.